The zero-order chi connectivity index (χ0) is 13.5. The summed E-state index contributed by atoms with van der Waals surface area (Å²) in [6.07, 6.45) is 0.174. The lowest BCUT2D eigenvalue weighted by Gasteiger charge is -2.37. The number of piperazine rings is 1. The summed E-state index contributed by atoms with van der Waals surface area (Å²) in [7, 11) is 3.48. The van der Waals surface area contributed by atoms with Gasteiger partial charge in [0.15, 0.2) is 0 Å². The third-order valence-corrected chi connectivity index (χ3v) is 3.64. The second-order valence-corrected chi connectivity index (χ2v) is 4.94. The smallest absolute Gasteiger partial charge is 0.0931 e. The first-order chi connectivity index (χ1) is 9.33. The van der Waals surface area contributed by atoms with Crippen LogP contribution in [0.2, 0.25) is 0 Å². The molecular formula is C15H24N2O2. The number of ether oxygens (including phenoxy) is 2. The molecule has 1 saturated heterocycles. The fraction of sp³-hybridized carbons (Fsp3) is 0.600. The van der Waals surface area contributed by atoms with Crippen molar-refractivity contribution < 1.29 is 9.47 Å². The summed E-state index contributed by atoms with van der Waals surface area (Å²) in [5, 5.41) is 0. The van der Waals surface area contributed by atoms with Crippen LogP contribution in [0.25, 0.3) is 0 Å². The van der Waals surface area contributed by atoms with E-state index in [1.54, 1.807) is 14.2 Å². The highest BCUT2D eigenvalue weighted by atomic mass is 16.5. The van der Waals surface area contributed by atoms with Crippen molar-refractivity contribution >= 4 is 5.69 Å². The van der Waals surface area contributed by atoms with E-state index in [-0.39, 0.29) is 6.10 Å². The number of nitrogens with zero attached hydrogens (tertiary/aromatic N) is 2. The molecule has 0 N–H and O–H groups in total. The summed E-state index contributed by atoms with van der Waals surface area (Å²) in [6.45, 7) is 5.93. The van der Waals surface area contributed by atoms with Gasteiger partial charge in [-0.15, -0.1) is 0 Å². The SMILES string of the molecule is COC[C@@H](CN1CCN(c2ccccc2)CC1)OC. The van der Waals surface area contributed by atoms with Gasteiger partial charge >= 0.3 is 0 Å². The molecule has 0 aliphatic carbocycles. The maximum Gasteiger partial charge on any atom is 0.0931 e. The molecule has 0 unspecified atom stereocenters. The normalized spacial score (nSPS) is 18.5. The van der Waals surface area contributed by atoms with Gasteiger partial charge in [0.05, 0.1) is 12.7 Å². The standard InChI is InChI=1S/C15H24N2O2/c1-18-13-15(19-2)12-16-8-10-17(11-9-16)14-6-4-3-5-7-14/h3-7,15H,8-13H2,1-2H3/t15-/m1/s1. The highest BCUT2D eigenvalue weighted by Gasteiger charge is 2.20. The van der Waals surface area contributed by atoms with Gasteiger partial charge in [0.25, 0.3) is 0 Å². The Hall–Kier alpha value is -1.10. The largest absolute Gasteiger partial charge is 0.382 e. The number of benzene rings is 1. The molecule has 1 aliphatic rings. The maximum atomic E-state index is 5.42. The predicted octanol–water partition coefficient (Wildman–Crippen LogP) is 1.47. The van der Waals surface area contributed by atoms with Gasteiger partial charge in [-0.1, -0.05) is 18.2 Å². The Morgan fingerprint density at radius 2 is 1.74 bits per heavy atom. The van der Waals surface area contributed by atoms with Gasteiger partial charge in [-0.05, 0) is 12.1 Å². The van der Waals surface area contributed by atoms with Gasteiger partial charge in [-0.2, -0.15) is 0 Å². The summed E-state index contributed by atoms with van der Waals surface area (Å²) in [5.41, 5.74) is 1.32. The molecule has 0 amide bonds. The average Bonchev–Trinajstić information content (AvgIpc) is 2.48. The zero-order valence-corrected chi connectivity index (χ0v) is 11.9. The maximum absolute atomic E-state index is 5.42. The number of rotatable bonds is 6. The molecule has 19 heavy (non-hydrogen) atoms. The fourth-order valence-electron chi connectivity index (χ4n) is 2.50. The molecule has 0 bridgehead atoms. The van der Waals surface area contributed by atoms with Gasteiger partial charge < -0.3 is 14.4 Å². The molecule has 1 atom stereocenters. The minimum Gasteiger partial charge on any atom is -0.382 e. The zero-order valence-electron chi connectivity index (χ0n) is 11.9. The van der Waals surface area contributed by atoms with Crippen LogP contribution in [0.5, 0.6) is 0 Å². The lowest BCUT2D eigenvalue weighted by Crippen LogP contribution is -2.49. The van der Waals surface area contributed by atoms with E-state index in [1.807, 2.05) is 0 Å². The van der Waals surface area contributed by atoms with E-state index in [9.17, 15) is 0 Å². The third-order valence-electron chi connectivity index (χ3n) is 3.64. The Balaban J connectivity index is 1.79. The Morgan fingerprint density at radius 1 is 1.05 bits per heavy atom. The molecule has 0 spiro atoms. The molecule has 0 saturated carbocycles. The van der Waals surface area contributed by atoms with Gasteiger partial charge in [0.2, 0.25) is 0 Å². The molecule has 0 radical (unpaired) electrons. The van der Waals surface area contributed by atoms with Crippen LogP contribution in [0, 0.1) is 0 Å². The molecule has 1 aliphatic heterocycles. The number of hydrogen-bond donors (Lipinski definition) is 0. The Kier molecular flexibility index (Phi) is 5.63. The van der Waals surface area contributed by atoms with Crippen molar-refractivity contribution in [1.82, 2.24) is 4.90 Å². The molecule has 1 fully saturated rings. The topological polar surface area (TPSA) is 24.9 Å². The van der Waals surface area contributed by atoms with E-state index in [0.717, 1.165) is 32.7 Å². The third kappa shape index (κ3) is 4.20. The van der Waals surface area contributed by atoms with Crippen LogP contribution in [0.1, 0.15) is 0 Å². The van der Waals surface area contributed by atoms with E-state index in [2.05, 4.69) is 40.1 Å². The molecule has 4 nitrogen and oxygen atoms in total. The lowest BCUT2D eigenvalue weighted by molar-refractivity contribution is 0.00518. The van der Waals surface area contributed by atoms with E-state index in [1.165, 1.54) is 5.69 Å². The minimum absolute atomic E-state index is 0.174. The summed E-state index contributed by atoms with van der Waals surface area (Å²) >= 11 is 0. The second kappa shape index (κ2) is 7.48. The van der Waals surface area contributed by atoms with Crippen LogP contribution in [0.3, 0.4) is 0 Å². The van der Waals surface area contributed by atoms with Crippen molar-refractivity contribution in [3.63, 3.8) is 0 Å². The Morgan fingerprint density at radius 3 is 2.32 bits per heavy atom. The predicted molar refractivity (Wildman–Crippen MR) is 77.8 cm³/mol. The molecule has 1 heterocycles. The van der Waals surface area contributed by atoms with Crippen LogP contribution in [-0.2, 0) is 9.47 Å². The van der Waals surface area contributed by atoms with Crippen LogP contribution in [0.15, 0.2) is 30.3 Å². The minimum atomic E-state index is 0.174. The summed E-state index contributed by atoms with van der Waals surface area (Å²) in [5.74, 6) is 0. The summed E-state index contributed by atoms with van der Waals surface area (Å²) in [6, 6.07) is 10.6. The molecule has 1 aromatic carbocycles. The summed E-state index contributed by atoms with van der Waals surface area (Å²) in [4.78, 5) is 4.89. The van der Waals surface area contributed by atoms with E-state index < -0.39 is 0 Å². The van der Waals surface area contributed by atoms with Gasteiger partial charge in [0, 0.05) is 52.6 Å². The van der Waals surface area contributed by atoms with E-state index in [4.69, 9.17) is 9.47 Å². The highest BCUT2D eigenvalue weighted by Crippen LogP contribution is 2.15. The molecule has 1 aromatic rings. The number of methoxy groups -OCH3 is 2. The summed E-state index contributed by atoms with van der Waals surface area (Å²) < 4.78 is 10.6. The van der Waals surface area contributed by atoms with Crippen molar-refractivity contribution in [3.8, 4) is 0 Å². The van der Waals surface area contributed by atoms with Crippen molar-refractivity contribution in [2.45, 2.75) is 6.10 Å². The first-order valence-electron chi connectivity index (χ1n) is 6.87. The number of anilines is 1. The Labute approximate surface area is 115 Å². The molecule has 0 aromatic heterocycles. The van der Waals surface area contributed by atoms with Crippen LogP contribution >= 0.6 is 0 Å². The van der Waals surface area contributed by atoms with E-state index in [0.29, 0.717) is 6.61 Å². The lowest BCUT2D eigenvalue weighted by atomic mass is 10.2. The van der Waals surface area contributed by atoms with Crippen molar-refractivity contribution in [2.24, 2.45) is 0 Å². The van der Waals surface area contributed by atoms with Crippen molar-refractivity contribution in [1.29, 1.82) is 0 Å². The van der Waals surface area contributed by atoms with Crippen LogP contribution in [-0.4, -0.2) is 64.6 Å². The molecule has 4 heteroatoms. The monoisotopic (exact) mass is 264 g/mol. The molecule has 2 rings (SSSR count). The van der Waals surface area contributed by atoms with Gasteiger partial charge in [0.1, 0.15) is 0 Å². The van der Waals surface area contributed by atoms with Crippen molar-refractivity contribution in [2.75, 3.05) is 58.5 Å². The van der Waals surface area contributed by atoms with Gasteiger partial charge in [-0.3, -0.25) is 4.90 Å². The number of hydrogen-bond acceptors (Lipinski definition) is 4. The first-order valence-corrected chi connectivity index (χ1v) is 6.87. The first kappa shape index (κ1) is 14.3. The molecular weight excluding hydrogens is 240 g/mol. The fourth-order valence-corrected chi connectivity index (χ4v) is 2.50. The Bertz CT molecular complexity index is 350. The highest BCUT2D eigenvalue weighted by molar-refractivity contribution is 5.46. The van der Waals surface area contributed by atoms with Crippen molar-refractivity contribution in [3.05, 3.63) is 30.3 Å². The van der Waals surface area contributed by atoms with Crippen LogP contribution < -0.4 is 4.90 Å². The van der Waals surface area contributed by atoms with Crippen LogP contribution in [0.4, 0.5) is 5.69 Å². The number of para-hydroxylation sites is 1. The van der Waals surface area contributed by atoms with E-state index >= 15 is 0 Å². The molecule has 106 valence electrons. The second-order valence-electron chi connectivity index (χ2n) is 4.94. The van der Waals surface area contributed by atoms with Gasteiger partial charge in [-0.25, -0.2) is 0 Å². The quantitative estimate of drug-likeness (QED) is 0.777. The average molecular weight is 264 g/mol.